The van der Waals surface area contributed by atoms with Gasteiger partial charge in [-0.05, 0) is 43.5 Å². The van der Waals surface area contributed by atoms with Gasteiger partial charge in [-0.15, -0.1) is 9.58 Å². The molecule has 0 atom stereocenters. The van der Waals surface area contributed by atoms with E-state index in [-0.39, 0.29) is 5.82 Å². The number of aromatic nitrogens is 4. The summed E-state index contributed by atoms with van der Waals surface area (Å²) in [5.74, 6) is 0.554. The highest BCUT2D eigenvalue weighted by molar-refractivity contribution is 5.87. The molecule has 0 bridgehead atoms. The Morgan fingerprint density at radius 1 is 1.21 bits per heavy atom. The van der Waals surface area contributed by atoms with Crippen molar-refractivity contribution in [2.45, 2.75) is 39.0 Å². The maximum Gasteiger partial charge on any atom is 0.175 e. The zero-order chi connectivity index (χ0) is 20.2. The third-order valence-electron chi connectivity index (χ3n) is 5.44. The standard InChI is InChI=1S/C15H12FN5.C7H12O/c1-9-3-2-4-10-7-11(18-15(9)10)12-8-17-14-6-5-13(19-16)20-21(12)14;8-6-7-4-2-1-3-5-7/h2-8,18H,1H3,(H,19,20);6-7H,1-5H2. The van der Waals surface area contributed by atoms with Gasteiger partial charge in [0.1, 0.15) is 12.0 Å². The lowest BCUT2D eigenvalue weighted by Gasteiger charge is -2.14. The van der Waals surface area contributed by atoms with Crippen LogP contribution in [0.15, 0.2) is 42.6 Å². The number of aromatic amines is 1. The van der Waals surface area contributed by atoms with Gasteiger partial charge in [-0.1, -0.05) is 37.5 Å². The molecule has 4 aromatic rings. The number of hydrogen-bond donors (Lipinski definition) is 2. The predicted octanol–water partition coefficient (Wildman–Crippen LogP) is 5.25. The van der Waals surface area contributed by atoms with Crippen molar-refractivity contribution in [2.75, 3.05) is 5.54 Å². The molecule has 0 aliphatic heterocycles. The van der Waals surface area contributed by atoms with E-state index < -0.39 is 0 Å². The Morgan fingerprint density at radius 3 is 2.72 bits per heavy atom. The molecule has 3 aromatic heterocycles. The summed E-state index contributed by atoms with van der Waals surface area (Å²) < 4.78 is 14.2. The lowest BCUT2D eigenvalue weighted by molar-refractivity contribution is -0.111. The Hall–Kier alpha value is -3.22. The molecule has 150 valence electrons. The molecule has 0 spiro atoms. The number of halogens is 1. The van der Waals surface area contributed by atoms with E-state index >= 15 is 0 Å². The molecule has 2 N–H and O–H groups in total. The van der Waals surface area contributed by atoms with Gasteiger partial charge in [-0.2, -0.15) is 0 Å². The Balaban J connectivity index is 0.000000216. The largest absolute Gasteiger partial charge is 0.353 e. The van der Waals surface area contributed by atoms with Crippen molar-refractivity contribution in [3.63, 3.8) is 0 Å². The number of benzene rings is 1. The molecule has 1 aliphatic carbocycles. The van der Waals surface area contributed by atoms with Gasteiger partial charge in [-0.3, -0.25) is 0 Å². The zero-order valence-corrected chi connectivity index (χ0v) is 16.4. The smallest absolute Gasteiger partial charge is 0.175 e. The summed E-state index contributed by atoms with van der Waals surface area (Å²) in [6.45, 7) is 2.06. The number of nitrogens with one attached hydrogen (secondary N) is 2. The first-order valence-corrected chi connectivity index (χ1v) is 9.95. The number of fused-ring (bicyclic) bond motifs is 2. The van der Waals surface area contributed by atoms with Gasteiger partial charge < -0.3 is 9.78 Å². The Kier molecular flexibility index (Phi) is 5.55. The van der Waals surface area contributed by atoms with E-state index in [4.69, 9.17) is 0 Å². The average Bonchev–Trinajstić information content (AvgIpc) is 3.39. The second kappa shape index (κ2) is 8.43. The molecular weight excluding hydrogens is 369 g/mol. The summed E-state index contributed by atoms with van der Waals surface area (Å²) in [4.78, 5) is 17.8. The highest BCUT2D eigenvalue weighted by Gasteiger charge is 2.12. The van der Waals surface area contributed by atoms with E-state index in [0.717, 1.165) is 41.4 Å². The summed E-state index contributed by atoms with van der Waals surface area (Å²) in [5.41, 5.74) is 6.17. The molecule has 1 aliphatic rings. The van der Waals surface area contributed by atoms with Crippen molar-refractivity contribution in [1.82, 2.24) is 19.6 Å². The van der Waals surface area contributed by atoms with E-state index in [1.807, 2.05) is 18.2 Å². The minimum atomic E-state index is 0.147. The van der Waals surface area contributed by atoms with Crippen LogP contribution in [0.5, 0.6) is 0 Å². The summed E-state index contributed by atoms with van der Waals surface area (Å²) in [5, 5.41) is 5.30. The molecule has 6 nitrogen and oxygen atoms in total. The number of para-hydroxylation sites is 1. The van der Waals surface area contributed by atoms with Gasteiger partial charge >= 0.3 is 0 Å². The van der Waals surface area contributed by atoms with E-state index in [1.165, 1.54) is 24.8 Å². The van der Waals surface area contributed by atoms with Gasteiger partial charge in [0, 0.05) is 16.8 Å². The molecule has 7 heteroatoms. The fourth-order valence-electron chi connectivity index (χ4n) is 3.82. The third-order valence-corrected chi connectivity index (χ3v) is 5.44. The monoisotopic (exact) mass is 393 g/mol. The molecule has 1 saturated carbocycles. The normalized spacial score (nSPS) is 14.6. The van der Waals surface area contributed by atoms with Crippen LogP contribution in [0.3, 0.4) is 0 Å². The first kappa shape index (κ1) is 19.1. The van der Waals surface area contributed by atoms with E-state index in [9.17, 15) is 9.28 Å². The predicted molar refractivity (Wildman–Crippen MR) is 112 cm³/mol. The van der Waals surface area contributed by atoms with Crippen LogP contribution < -0.4 is 5.54 Å². The van der Waals surface area contributed by atoms with Gasteiger partial charge in [0.15, 0.2) is 11.5 Å². The topological polar surface area (TPSA) is 75.1 Å². The number of rotatable bonds is 3. The van der Waals surface area contributed by atoms with Crippen LogP contribution in [0.25, 0.3) is 27.9 Å². The van der Waals surface area contributed by atoms with Crippen LogP contribution in [0, 0.1) is 12.8 Å². The number of anilines is 1. The van der Waals surface area contributed by atoms with Gasteiger partial charge in [-0.25, -0.2) is 15.0 Å². The van der Waals surface area contributed by atoms with E-state index in [0.29, 0.717) is 11.6 Å². The maximum absolute atomic E-state index is 12.6. The number of imidazole rings is 1. The molecule has 5 rings (SSSR count). The maximum atomic E-state index is 12.6. The average molecular weight is 393 g/mol. The number of aryl methyl sites for hydroxylation is 1. The summed E-state index contributed by atoms with van der Waals surface area (Å²) in [7, 11) is 0. The highest BCUT2D eigenvalue weighted by atomic mass is 19.2. The van der Waals surface area contributed by atoms with Crippen LogP contribution in [0.4, 0.5) is 10.3 Å². The van der Waals surface area contributed by atoms with Crippen LogP contribution in [0.2, 0.25) is 0 Å². The fraction of sp³-hybridized carbons (Fsp3) is 0.318. The fourth-order valence-corrected chi connectivity index (χ4v) is 3.82. The number of H-pyrrole nitrogens is 1. The second-order valence-electron chi connectivity index (χ2n) is 7.48. The first-order valence-electron chi connectivity index (χ1n) is 9.95. The minimum Gasteiger partial charge on any atom is -0.353 e. The lowest BCUT2D eigenvalue weighted by Crippen LogP contribution is -2.06. The van der Waals surface area contributed by atoms with Crippen molar-refractivity contribution < 1.29 is 9.28 Å². The number of hydrogen-bond acceptors (Lipinski definition) is 4. The number of aldehydes is 1. The van der Waals surface area contributed by atoms with Crippen molar-refractivity contribution >= 4 is 28.7 Å². The molecule has 0 saturated heterocycles. The van der Waals surface area contributed by atoms with Crippen LogP contribution in [-0.2, 0) is 4.79 Å². The Bertz CT molecular complexity index is 1130. The quantitative estimate of drug-likeness (QED) is 0.368. The van der Waals surface area contributed by atoms with E-state index in [1.54, 1.807) is 28.4 Å². The molecular formula is C22H24FN5O. The number of carbonyl (C=O) groups is 1. The van der Waals surface area contributed by atoms with Crippen molar-refractivity contribution in [2.24, 2.45) is 5.92 Å². The molecule has 0 amide bonds. The van der Waals surface area contributed by atoms with Gasteiger partial charge in [0.2, 0.25) is 0 Å². The first-order chi connectivity index (χ1) is 14.2. The molecule has 29 heavy (non-hydrogen) atoms. The van der Waals surface area contributed by atoms with Crippen molar-refractivity contribution in [1.29, 1.82) is 0 Å². The second-order valence-corrected chi connectivity index (χ2v) is 7.48. The highest BCUT2D eigenvalue weighted by Crippen LogP contribution is 2.26. The van der Waals surface area contributed by atoms with Crippen molar-refractivity contribution in [3.05, 3.63) is 48.2 Å². The third kappa shape index (κ3) is 3.99. The van der Waals surface area contributed by atoms with Gasteiger partial charge in [0.25, 0.3) is 0 Å². The number of nitrogens with zero attached hydrogens (tertiary/aromatic N) is 3. The summed E-state index contributed by atoms with van der Waals surface area (Å²) in [6.07, 6.45) is 8.99. The lowest BCUT2D eigenvalue weighted by atomic mass is 9.91. The van der Waals surface area contributed by atoms with Crippen molar-refractivity contribution in [3.8, 4) is 11.4 Å². The SMILES string of the molecule is Cc1cccc2cc(-c3cnc4ccc(NF)nn34)[nH]c12.O=CC1CCCCC1. The number of carbonyl (C=O) groups excluding carboxylic acids is 1. The summed E-state index contributed by atoms with van der Waals surface area (Å²) in [6, 6.07) is 11.4. The van der Waals surface area contributed by atoms with Crippen LogP contribution >= 0.6 is 0 Å². The van der Waals surface area contributed by atoms with Gasteiger partial charge in [0.05, 0.1) is 11.9 Å². The van der Waals surface area contributed by atoms with Crippen LogP contribution in [-0.4, -0.2) is 25.9 Å². The molecule has 3 heterocycles. The molecule has 0 radical (unpaired) electrons. The Labute approximate surface area is 168 Å². The van der Waals surface area contributed by atoms with Crippen LogP contribution in [0.1, 0.15) is 37.7 Å². The molecule has 0 unspecified atom stereocenters. The Morgan fingerprint density at radius 2 is 2.03 bits per heavy atom. The van der Waals surface area contributed by atoms with E-state index in [2.05, 4.69) is 28.1 Å². The minimum absolute atomic E-state index is 0.147. The molecule has 1 fully saturated rings. The summed E-state index contributed by atoms with van der Waals surface area (Å²) >= 11 is 0. The molecule has 1 aromatic carbocycles. The zero-order valence-electron chi connectivity index (χ0n) is 16.4.